The van der Waals surface area contributed by atoms with Gasteiger partial charge in [0.2, 0.25) is 5.43 Å². The lowest BCUT2D eigenvalue weighted by atomic mass is 10.0. The smallest absolute Gasteiger partial charge is 0.398 e. The fourth-order valence-electron chi connectivity index (χ4n) is 2.12. The van der Waals surface area contributed by atoms with Crippen LogP contribution in [-0.4, -0.2) is 9.78 Å². The van der Waals surface area contributed by atoms with E-state index in [2.05, 4.69) is 5.10 Å². The van der Waals surface area contributed by atoms with Crippen molar-refractivity contribution < 1.29 is 13.2 Å². The van der Waals surface area contributed by atoms with E-state index in [0.29, 0.717) is 22.0 Å². The Kier molecular flexibility index (Phi) is 3.52. The number of rotatable bonds is 1. The molecule has 0 aliphatic carbocycles. The third-order valence-corrected chi connectivity index (χ3v) is 3.26. The Morgan fingerprint density at radius 3 is 2.33 bits per heavy atom. The summed E-state index contributed by atoms with van der Waals surface area (Å²) < 4.78 is 38.9. The first kappa shape index (κ1) is 15.1. The van der Waals surface area contributed by atoms with Gasteiger partial charge in [0.25, 0.3) is 0 Å². The molecule has 7 heteroatoms. The molecule has 0 saturated carbocycles. The van der Waals surface area contributed by atoms with E-state index in [0.717, 1.165) is 18.2 Å². The van der Waals surface area contributed by atoms with Crippen molar-refractivity contribution in [3.63, 3.8) is 0 Å². The maximum atomic E-state index is 12.7. The highest BCUT2D eigenvalue weighted by atomic mass is 19.4. The van der Waals surface area contributed by atoms with Crippen molar-refractivity contribution in [2.45, 2.75) is 20.0 Å². The number of nitrogen functional groups attached to an aromatic ring is 1. The number of hydrogen-bond donors (Lipinski definition) is 1. The minimum absolute atomic E-state index is 0.0466. The molecule has 0 aliphatic heterocycles. The van der Waals surface area contributed by atoms with E-state index in [4.69, 9.17) is 5.73 Å². The third-order valence-electron chi connectivity index (χ3n) is 3.26. The summed E-state index contributed by atoms with van der Waals surface area (Å²) in [5, 5.41) is 3.77. The molecule has 0 saturated heterocycles. The lowest BCUT2D eigenvalue weighted by Gasteiger charge is -2.14. The lowest BCUT2D eigenvalue weighted by molar-refractivity contribution is -0.144. The topological polar surface area (TPSA) is 60.9 Å². The molecule has 0 amide bonds. The Balaban J connectivity index is 2.70. The molecule has 0 fully saturated rings. The van der Waals surface area contributed by atoms with Crippen LogP contribution in [0, 0.1) is 13.8 Å². The van der Waals surface area contributed by atoms with Crippen LogP contribution in [0.25, 0.3) is 11.3 Å². The van der Waals surface area contributed by atoms with E-state index >= 15 is 0 Å². The number of nitrogens with two attached hydrogens (primary N) is 1. The summed E-state index contributed by atoms with van der Waals surface area (Å²) in [6, 6.07) is 3.88. The second-order valence-electron chi connectivity index (χ2n) is 4.89. The zero-order valence-corrected chi connectivity index (χ0v) is 11.7. The van der Waals surface area contributed by atoms with Gasteiger partial charge in [-0.05, 0) is 31.0 Å². The van der Waals surface area contributed by atoms with Crippen molar-refractivity contribution >= 4 is 5.69 Å². The van der Waals surface area contributed by atoms with Crippen LogP contribution in [0.2, 0.25) is 0 Å². The van der Waals surface area contributed by atoms with Gasteiger partial charge < -0.3 is 5.73 Å². The SMILES string of the molecule is Cc1cc(C)c(-c2nn(C)c(C(F)(F)F)cc2=O)cc1N. The summed E-state index contributed by atoms with van der Waals surface area (Å²) in [5.41, 5.74) is 6.33. The monoisotopic (exact) mass is 297 g/mol. The van der Waals surface area contributed by atoms with Crippen molar-refractivity contribution in [3.05, 3.63) is 45.2 Å². The highest BCUT2D eigenvalue weighted by Crippen LogP contribution is 2.29. The van der Waals surface area contributed by atoms with Gasteiger partial charge in [0, 0.05) is 24.4 Å². The molecule has 2 rings (SSSR count). The molecule has 0 atom stereocenters. The largest absolute Gasteiger partial charge is 0.433 e. The molecule has 0 aliphatic rings. The van der Waals surface area contributed by atoms with E-state index in [1.54, 1.807) is 19.1 Å². The number of benzene rings is 1. The Labute approximate surface area is 119 Å². The van der Waals surface area contributed by atoms with Gasteiger partial charge in [0.15, 0.2) is 0 Å². The van der Waals surface area contributed by atoms with Gasteiger partial charge in [-0.3, -0.25) is 9.48 Å². The molecule has 2 aromatic rings. The summed E-state index contributed by atoms with van der Waals surface area (Å²) in [6.07, 6.45) is -4.62. The second-order valence-corrected chi connectivity index (χ2v) is 4.89. The quantitative estimate of drug-likeness (QED) is 0.823. The minimum Gasteiger partial charge on any atom is -0.398 e. The van der Waals surface area contributed by atoms with Crippen LogP contribution in [0.15, 0.2) is 23.0 Å². The fraction of sp³-hybridized carbons (Fsp3) is 0.286. The van der Waals surface area contributed by atoms with Crippen LogP contribution in [0.1, 0.15) is 16.8 Å². The van der Waals surface area contributed by atoms with E-state index in [1.165, 1.54) is 0 Å². The number of aromatic nitrogens is 2. The second kappa shape index (κ2) is 4.91. The number of hydrogen-bond acceptors (Lipinski definition) is 3. The van der Waals surface area contributed by atoms with Crippen molar-refractivity contribution in [2.75, 3.05) is 5.73 Å². The zero-order valence-electron chi connectivity index (χ0n) is 11.7. The van der Waals surface area contributed by atoms with Crippen LogP contribution in [0.4, 0.5) is 18.9 Å². The van der Waals surface area contributed by atoms with Gasteiger partial charge in [-0.2, -0.15) is 18.3 Å². The molecule has 1 heterocycles. The van der Waals surface area contributed by atoms with Gasteiger partial charge in [0.1, 0.15) is 11.4 Å². The lowest BCUT2D eigenvalue weighted by Crippen LogP contribution is -2.22. The summed E-state index contributed by atoms with van der Waals surface area (Å²) in [7, 11) is 1.15. The number of nitrogens with zero attached hydrogens (tertiary/aromatic N) is 2. The molecule has 4 nitrogen and oxygen atoms in total. The first-order chi connectivity index (χ1) is 9.61. The Morgan fingerprint density at radius 1 is 1.14 bits per heavy atom. The number of halogens is 3. The highest BCUT2D eigenvalue weighted by Gasteiger charge is 2.34. The standard InChI is InChI=1S/C14H14F3N3O/c1-7-4-8(2)10(18)5-9(7)13-11(21)6-12(14(15,16)17)20(3)19-13/h4-6H,18H2,1-3H3. The normalized spacial score (nSPS) is 11.7. The first-order valence-electron chi connectivity index (χ1n) is 6.14. The van der Waals surface area contributed by atoms with Crippen molar-refractivity contribution in [2.24, 2.45) is 7.05 Å². The van der Waals surface area contributed by atoms with Crippen LogP contribution in [0.5, 0.6) is 0 Å². The molecule has 112 valence electrons. The summed E-state index contributed by atoms with van der Waals surface area (Å²) >= 11 is 0. The van der Waals surface area contributed by atoms with E-state index in [1.807, 2.05) is 6.92 Å². The molecule has 21 heavy (non-hydrogen) atoms. The molecule has 0 radical (unpaired) electrons. The molecular weight excluding hydrogens is 283 g/mol. The van der Waals surface area contributed by atoms with Crippen LogP contribution >= 0.6 is 0 Å². The predicted molar refractivity (Wildman–Crippen MR) is 73.8 cm³/mol. The van der Waals surface area contributed by atoms with Crippen molar-refractivity contribution in [3.8, 4) is 11.3 Å². The van der Waals surface area contributed by atoms with Gasteiger partial charge in [-0.25, -0.2) is 0 Å². The average Bonchev–Trinajstić information content (AvgIpc) is 2.35. The van der Waals surface area contributed by atoms with E-state index in [9.17, 15) is 18.0 Å². The molecule has 1 aromatic heterocycles. The zero-order chi connectivity index (χ0) is 15.9. The van der Waals surface area contributed by atoms with E-state index in [-0.39, 0.29) is 5.69 Å². The van der Waals surface area contributed by atoms with Crippen LogP contribution in [0.3, 0.4) is 0 Å². The number of anilines is 1. The van der Waals surface area contributed by atoms with Crippen LogP contribution in [-0.2, 0) is 13.2 Å². The van der Waals surface area contributed by atoms with Gasteiger partial charge in [-0.15, -0.1) is 0 Å². The number of alkyl halides is 3. The molecular formula is C14H14F3N3O. The first-order valence-corrected chi connectivity index (χ1v) is 6.14. The predicted octanol–water partition coefficient (Wildman–Crippen LogP) is 2.67. The molecule has 0 unspecified atom stereocenters. The third kappa shape index (κ3) is 2.76. The minimum atomic E-state index is -4.62. The maximum Gasteiger partial charge on any atom is 0.433 e. The Morgan fingerprint density at radius 2 is 1.76 bits per heavy atom. The highest BCUT2D eigenvalue weighted by molar-refractivity contribution is 5.69. The molecule has 0 spiro atoms. The Hall–Kier alpha value is -2.31. The fourth-order valence-corrected chi connectivity index (χ4v) is 2.12. The summed E-state index contributed by atoms with van der Waals surface area (Å²) in [6.45, 7) is 3.56. The van der Waals surface area contributed by atoms with Crippen molar-refractivity contribution in [1.82, 2.24) is 9.78 Å². The Bertz CT molecular complexity index is 763. The van der Waals surface area contributed by atoms with Gasteiger partial charge in [-0.1, -0.05) is 6.07 Å². The maximum absolute atomic E-state index is 12.7. The van der Waals surface area contributed by atoms with Gasteiger partial charge in [0.05, 0.1) is 0 Å². The number of aryl methyl sites for hydroxylation is 3. The van der Waals surface area contributed by atoms with Crippen molar-refractivity contribution in [1.29, 1.82) is 0 Å². The van der Waals surface area contributed by atoms with Crippen LogP contribution < -0.4 is 11.2 Å². The van der Waals surface area contributed by atoms with E-state index < -0.39 is 17.3 Å². The van der Waals surface area contributed by atoms with Gasteiger partial charge >= 0.3 is 6.18 Å². The summed E-state index contributed by atoms with van der Waals surface area (Å²) in [5.74, 6) is 0. The molecule has 2 N–H and O–H groups in total. The average molecular weight is 297 g/mol. The molecule has 1 aromatic carbocycles. The molecule has 0 bridgehead atoms. The summed E-state index contributed by atoms with van der Waals surface area (Å²) in [4.78, 5) is 12.0.